The molecule has 0 unspecified atom stereocenters. The van der Waals surface area contributed by atoms with Gasteiger partial charge < -0.3 is 5.32 Å². The highest BCUT2D eigenvalue weighted by atomic mass is 35.5. The van der Waals surface area contributed by atoms with Gasteiger partial charge in [0.15, 0.2) is 0 Å². The monoisotopic (exact) mass is 320 g/mol. The van der Waals surface area contributed by atoms with Crippen molar-refractivity contribution in [3.05, 3.63) is 36.4 Å². The molecule has 7 heteroatoms. The average molecular weight is 321 g/mol. The Kier molecular flexibility index (Phi) is 8.37. The van der Waals surface area contributed by atoms with Crippen LogP contribution in [0, 0.1) is 5.82 Å². The molecule has 2 aromatic rings. The minimum Gasteiger partial charge on any atom is -0.313 e. The van der Waals surface area contributed by atoms with Crippen LogP contribution in [0.5, 0.6) is 0 Å². The van der Waals surface area contributed by atoms with Crippen LogP contribution < -0.4 is 5.32 Å². The maximum absolute atomic E-state index is 12.8. The second-order valence-corrected chi connectivity index (χ2v) is 4.24. The summed E-state index contributed by atoms with van der Waals surface area (Å²) in [6, 6.07) is 5.28. The van der Waals surface area contributed by atoms with E-state index in [1.807, 2.05) is 16.9 Å². The molecule has 2 aromatic heterocycles. The molecular weight excluding hydrogens is 302 g/mol. The van der Waals surface area contributed by atoms with Gasteiger partial charge in [-0.25, -0.2) is 4.39 Å². The highest BCUT2D eigenvalue weighted by molar-refractivity contribution is 5.85. The van der Waals surface area contributed by atoms with Gasteiger partial charge in [0.1, 0.15) is 11.5 Å². The standard InChI is InChI=1S/C13H17FN4.2ClH/c1-3-15-10(2)9-18-7-6-13(17-18)12-5-4-11(14)8-16-12;;/h4-8,10,15H,3,9H2,1-2H3;2*1H/t10-;;/m0../s1. The van der Waals surface area contributed by atoms with E-state index in [4.69, 9.17) is 0 Å². The van der Waals surface area contributed by atoms with Crippen molar-refractivity contribution in [3.8, 4) is 11.4 Å². The minimum atomic E-state index is -0.334. The molecule has 0 spiro atoms. The van der Waals surface area contributed by atoms with Gasteiger partial charge >= 0.3 is 0 Å². The first kappa shape index (κ1) is 18.8. The molecule has 0 fully saturated rings. The Bertz CT molecular complexity index is 501. The Balaban J connectivity index is 0.00000180. The summed E-state index contributed by atoms with van der Waals surface area (Å²) >= 11 is 0. The summed E-state index contributed by atoms with van der Waals surface area (Å²) in [5, 5.41) is 7.75. The SMILES string of the molecule is CCN[C@@H](C)Cn1ccc(-c2ccc(F)cn2)n1.Cl.Cl. The van der Waals surface area contributed by atoms with Crippen LogP contribution in [0.4, 0.5) is 4.39 Å². The lowest BCUT2D eigenvalue weighted by molar-refractivity contribution is 0.462. The van der Waals surface area contributed by atoms with Crippen molar-refractivity contribution >= 4 is 24.8 Å². The van der Waals surface area contributed by atoms with Gasteiger partial charge in [0.2, 0.25) is 0 Å². The van der Waals surface area contributed by atoms with Crippen LogP contribution in [0.3, 0.4) is 0 Å². The quantitative estimate of drug-likeness (QED) is 0.921. The van der Waals surface area contributed by atoms with E-state index in [0.29, 0.717) is 11.7 Å². The third kappa shape index (κ3) is 5.07. The Labute approximate surface area is 130 Å². The molecule has 1 N–H and O–H groups in total. The fourth-order valence-corrected chi connectivity index (χ4v) is 1.82. The summed E-state index contributed by atoms with van der Waals surface area (Å²) in [6.07, 6.45) is 3.11. The fourth-order valence-electron chi connectivity index (χ4n) is 1.82. The molecule has 112 valence electrons. The average Bonchev–Trinajstić information content (AvgIpc) is 2.78. The van der Waals surface area contributed by atoms with E-state index >= 15 is 0 Å². The summed E-state index contributed by atoms with van der Waals surface area (Å²) in [5.41, 5.74) is 1.45. The van der Waals surface area contributed by atoms with Crippen molar-refractivity contribution in [2.75, 3.05) is 6.54 Å². The second-order valence-electron chi connectivity index (χ2n) is 4.24. The number of rotatable bonds is 5. The van der Waals surface area contributed by atoms with Gasteiger partial charge in [-0.3, -0.25) is 9.67 Å². The summed E-state index contributed by atoms with van der Waals surface area (Å²) in [7, 11) is 0. The highest BCUT2D eigenvalue weighted by Gasteiger charge is 2.06. The smallest absolute Gasteiger partial charge is 0.141 e. The lowest BCUT2D eigenvalue weighted by Gasteiger charge is -2.11. The van der Waals surface area contributed by atoms with Gasteiger partial charge in [0.25, 0.3) is 0 Å². The van der Waals surface area contributed by atoms with Crippen molar-refractivity contribution in [3.63, 3.8) is 0 Å². The number of hydrogen-bond acceptors (Lipinski definition) is 3. The number of nitrogens with one attached hydrogen (secondary N) is 1. The van der Waals surface area contributed by atoms with Crippen molar-refractivity contribution in [1.29, 1.82) is 0 Å². The fraction of sp³-hybridized carbons (Fsp3) is 0.385. The third-order valence-electron chi connectivity index (χ3n) is 2.64. The summed E-state index contributed by atoms with van der Waals surface area (Å²) in [5.74, 6) is -0.334. The van der Waals surface area contributed by atoms with Gasteiger partial charge in [-0.2, -0.15) is 5.10 Å². The van der Waals surface area contributed by atoms with E-state index in [2.05, 4.69) is 29.2 Å². The van der Waals surface area contributed by atoms with Crippen LogP contribution in [-0.4, -0.2) is 27.4 Å². The van der Waals surface area contributed by atoms with Crippen molar-refractivity contribution in [2.24, 2.45) is 0 Å². The van der Waals surface area contributed by atoms with Gasteiger partial charge in [-0.1, -0.05) is 6.92 Å². The maximum Gasteiger partial charge on any atom is 0.141 e. The van der Waals surface area contributed by atoms with E-state index in [-0.39, 0.29) is 30.6 Å². The Morgan fingerprint density at radius 3 is 2.60 bits per heavy atom. The zero-order valence-corrected chi connectivity index (χ0v) is 13.0. The molecule has 2 rings (SSSR count). The predicted octanol–water partition coefficient (Wildman–Crippen LogP) is 2.93. The maximum atomic E-state index is 12.8. The van der Waals surface area contributed by atoms with E-state index in [1.165, 1.54) is 12.3 Å². The predicted molar refractivity (Wildman–Crippen MR) is 83.1 cm³/mol. The van der Waals surface area contributed by atoms with Crippen LogP contribution >= 0.6 is 24.8 Å². The number of halogens is 3. The normalized spacial score (nSPS) is 11.3. The zero-order valence-electron chi connectivity index (χ0n) is 11.4. The lowest BCUT2D eigenvalue weighted by atomic mass is 10.3. The van der Waals surface area contributed by atoms with Gasteiger partial charge in [-0.15, -0.1) is 24.8 Å². The van der Waals surface area contributed by atoms with E-state index in [9.17, 15) is 4.39 Å². The van der Waals surface area contributed by atoms with Crippen molar-refractivity contribution in [2.45, 2.75) is 26.4 Å². The van der Waals surface area contributed by atoms with Gasteiger partial charge in [0, 0.05) is 12.2 Å². The molecule has 0 aliphatic heterocycles. The molecule has 1 atom stereocenters. The molecule has 0 bridgehead atoms. The van der Waals surface area contributed by atoms with Crippen molar-refractivity contribution in [1.82, 2.24) is 20.1 Å². The van der Waals surface area contributed by atoms with Crippen LogP contribution in [0.15, 0.2) is 30.6 Å². The second kappa shape index (κ2) is 8.89. The molecule has 2 heterocycles. The Morgan fingerprint density at radius 1 is 1.25 bits per heavy atom. The van der Waals surface area contributed by atoms with E-state index in [0.717, 1.165) is 18.8 Å². The number of nitrogens with zero attached hydrogens (tertiary/aromatic N) is 3. The topological polar surface area (TPSA) is 42.7 Å². The molecule has 0 radical (unpaired) electrons. The first-order valence-corrected chi connectivity index (χ1v) is 6.08. The summed E-state index contributed by atoms with van der Waals surface area (Å²) in [6.45, 7) is 5.93. The van der Waals surface area contributed by atoms with Crippen LogP contribution in [-0.2, 0) is 6.54 Å². The number of hydrogen-bond donors (Lipinski definition) is 1. The molecule has 0 aliphatic carbocycles. The molecule has 0 amide bonds. The molecule has 4 nitrogen and oxygen atoms in total. The molecule has 0 aromatic carbocycles. The largest absolute Gasteiger partial charge is 0.313 e. The lowest BCUT2D eigenvalue weighted by Crippen LogP contribution is -2.30. The van der Waals surface area contributed by atoms with Crippen LogP contribution in [0.2, 0.25) is 0 Å². The highest BCUT2D eigenvalue weighted by Crippen LogP contribution is 2.14. The van der Waals surface area contributed by atoms with Gasteiger partial charge in [0.05, 0.1) is 18.4 Å². The molecule has 0 saturated heterocycles. The Hall–Kier alpha value is -1.17. The minimum absolute atomic E-state index is 0. The van der Waals surface area contributed by atoms with Crippen molar-refractivity contribution < 1.29 is 4.39 Å². The molecular formula is C13H19Cl2FN4. The number of pyridine rings is 1. The Morgan fingerprint density at radius 2 is 2.00 bits per heavy atom. The first-order valence-electron chi connectivity index (χ1n) is 6.08. The van der Waals surface area contributed by atoms with E-state index < -0.39 is 0 Å². The number of aromatic nitrogens is 3. The summed E-state index contributed by atoms with van der Waals surface area (Å²) in [4.78, 5) is 4.01. The molecule has 0 aliphatic rings. The number of likely N-dealkylation sites (N-methyl/N-ethyl adjacent to an activating group) is 1. The first-order chi connectivity index (χ1) is 8.69. The van der Waals surface area contributed by atoms with Gasteiger partial charge in [-0.05, 0) is 31.7 Å². The molecule has 0 saturated carbocycles. The third-order valence-corrected chi connectivity index (χ3v) is 2.64. The zero-order chi connectivity index (χ0) is 13.0. The summed E-state index contributed by atoms with van der Waals surface area (Å²) < 4.78 is 14.6. The van der Waals surface area contributed by atoms with Crippen LogP contribution in [0.1, 0.15) is 13.8 Å². The molecule has 20 heavy (non-hydrogen) atoms. The van der Waals surface area contributed by atoms with Crippen LogP contribution in [0.25, 0.3) is 11.4 Å². The van der Waals surface area contributed by atoms with E-state index in [1.54, 1.807) is 6.07 Å².